The van der Waals surface area contributed by atoms with Crippen molar-refractivity contribution in [1.29, 1.82) is 5.26 Å². The lowest BCUT2D eigenvalue weighted by Gasteiger charge is -2.06. The Balaban J connectivity index is 1.77. The first-order valence-corrected chi connectivity index (χ1v) is 7.94. The molecule has 2 N–H and O–H groups in total. The maximum Gasteiger partial charge on any atom is 0.416 e. The summed E-state index contributed by atoms with van der Waals surface area (Å²) in [6.45, 7) is 0. The van der Waals surface area contributed by atoms with Gasteiger partial charge in [-0.05, 0) is 30.3 Å². The number of alkyl halides is 3. The van der Waals surface area contributed by atoms with Crippen molar-refractivity contribution in [2.45, 2.75) is 6.18 Å². The molecule has 2 aromatic carbocycles. The van der Waals surface area contributed by atoms with Gasteiger partial charge in [0.1, 0.15) is 23.3 Å². The van der Waals surface area contributed by atoms with Crippen molar-refractivity contribution in [3.05, 3.63) is 53.1 Å². The molecule has 0 radical (unpaired) electrons. The van der Waals surface area contributed by atoms with Crippen LogP contribution in [-0.4, -0.2) is 11.0 Å². The Labute approximate surface area is 152 Å². The summed E-state index contributed by atoms with van der Waals surface area (Å²) in [4.78, 5) is 15.9. The molecule has 0 saturated carbocycles. The molecule has 27 heavy (non-hydrogen) atoms. The Kier molecular flexibility index (Phi) is 4.67. The Morgan fingerprint density at radius 2 is 1.78 bits per heavy atom. The summed E-state index contributed by atoms with van der Waals surface area (Å²) in [5.41, 5.74) is -1.63. The quantitative estimate of drug-likeness (QED) is 0.589. The van der Waals surface area contributed by atoms with Crippen LogP contribution >= 0.6 is 11.3 Å². The number of hydrogen-bond acceptors (Lipinski definition) is 4. The number of nitrogens with one attached hydrogen (secondary N) is 2. The third-order valence-corrected chi connectivity index (χ3v) is 4.28. The number of hydrogen-bond donors (Lipinski definition) is 2. The van der Waals surface area contributed by atoms with Gasteiger partial charge in [-0.25, -0.2) is 18.6 Å². The van der Waals surface area contributed by atoms with Gasteiger partial charge in [-0.2, -0.15) is 18.4 Å². The smallest absolute Gasteiger partial charge is 0.307 e. The highest BCUT2D eigenvalue weighted by molar-refractivity contribution is 7.22. The highest BCUT2D eigenvalue weighted by Crippen LogP contribution is 2.34. The van der Waals surface area contributed by atoms with Gasteiger partial charge in [0.05, 0.1) is 15.8 Å². The fourth-order valence-electron chi connectivity index (χ4n) is 2.17. The van der Waals surface area contributed by atoms with Crippen molar-refractivity contribution in [2.75, 3.05) is 10.6 Å². The highest BCUT2D eigenvalue weighted by atomic mass is 32.1. The van der Waals surface area contributed by atoms with Crippen LogP contribution in [0.5, 0.6) is 0 Å². The van der Waals surface area contributed by atoms with E-state index in [0.717, 1.165) is 35.6 Å². The second-order valence-electron chi connectivity index (χ2n) is 5.21. The molecule has 0 atom stereocenters. The number of carbonyl (C=O) groups excluding carboxylic acids is 1. The van der Waals surface area contributed by atoms with E-state index in [0.29, 0.717) is 0 Å². The van der Waals surface area contributed by atoms with Crippen LogP contribution in [-0.2, 0) is 6.18 Å². The molecule has 0 aliphatic rings. The molecule has 2 amide bonds. The molecule has 0 aliphatic heterocycles. The van der Waals surface area contributed by atoms with Gasteiger partial charge in [-0.1, -0.05) is 11.3 Å². The van der Waals surface area contributed by atoms with Crippen molar-refractivity contribution in [1.82, 2.24) is 4.98 Å². The van der Waals surface area contributed by atoms with Crippen LogP contribution in [0.25, 0.3) is 10.2 Å². The summed E-state index contributed by atoms with van der Waals surface area (Å²) >= 11 is 0.805. The van der Waals surface area contributed by atoms with Crippen LogP contribution in [0.2, 0.25) is 0 Å². The standard InChI is InChI=1S/C16H7F5N4OS/c17-10-4-8(5-11(18)9(10)6-22)23-14(26)25-15-24-12-2-1-7(16(19,20)21)3-13(12)27-15/h1-5H,(H2,23,24,25,26). The van der Waals surface area contributed by atoms with E-state index in [1.807, 2.05) is 0 Å². The molecule has 0 saturated heterocycles. The summed E-state index contributed by atoms with van der Waals surface area (Å²) in [5.74, 6) is -2.29. The molecule has 11 heteroatoms. The number of nitrogens with zero attached hydrogens (tertiary/aromatic N) is 2. The highest BCUT2D eigenvalue weighted by Gasteiger charge is 2.30. The van der Waals surface area contributed by atoms with Crippen LogP contribution in [0.15, 0.2) is 30.3 Å². The predicted molar refractivity (Wildman–Crippen MR) is 88.3 cm³/mol. The Morgan fingerprint density at radius 1 is 1.11 bits per heavy atom. The fraction of sp³-hybridized carbons (Fsp3) is 0.0625. The zero-order valence-electron chi connectivity index (χ0n) is 13.0. The van der Waals surface area contributed by atoms with Crippen LogP contribution in [0.1, 0.15) is 11.1 Å². The molecule has 138 valence electrons. The van der Waals surface area contributed by atoms with E-state index >= 15 is 0 Å². The number of thiazole rings is 1. The van der Waals surface area contributed by atoms with Gasteiger partial charge in [0.25, 0.3) is 0 Å². The molecule has 0 fully saturated rings. The third kappa shape index (κ3) is 3.95. The second kappa shape index (κ2) is 6.81. The second-order valence-corrected chi connectivity index (χ2v) is 6.24. The minimum atomic E-state index is -4.51. The molecule has 5 nitrogen and oxygen atoms in total. The SMILES string of the molecule is N#Cc1c(F)cc(NC(=O)Nc2nc3ccc(C(F)(F)F)cc3s2)cc1F. The molecular weight excluding hydrogens is 391 g/mol. The first kappa shape index (κ1) is 18.5. The van der Waals surface area contributed by atoms with Gasteiger partial charge in [-0.15, -0.1) is 0 Å². The zero-order valence-corrected chi connectivity index (χ0v) is 13.8. The minimum Gasteiger partial charge on any atom is -0.307 e. The molecule has 0 unspecified atom stereocenters. The zero-order chi connectivity index (χ0) is 19.8. The van der Waals surface area contributed by atoms with Gasteiger partial charge in [0.2, 0.25) is 0 Å². The number of fused-ring (bicyclic) bond motifs is 1. The Bertz CT molecular complexity index is 1060. The normalized spacial score (nSPS) is 11.3. The molecular formula is C16H7F5N4OS. The lowest BCUT2D eigenvalue weighted by molar-refractivity contribution is -0.137. The monoisotopic (exact) mass is 398 g/mol. The molecule has 0 spiro atoms. The Morgan fingerprint density at radius 3 is 2.37 bits per heavy atom. The number of anilines is 2. The van der Waals surface area contributed by atoms with Crippen molar-refractivity contribution in [3.8, 4) is 6.07 Å². The molecule has 3 aromatic rings. The van der Waals surface area contributed by atoms with Crippen molar-refractivity contribution in [3.63, 3.8) is 0 Å². The minimum absolute atomic E-state index is 0.00332. The third-order valence-electron chi connectivity index (χ3n) is 3.35. The summed E-state index contributed by atoms with van der Waals surface area (Å²) in [5, 5.41) is 13.0. The lowest BCUT2D eigenvalue weighted by Crippen LogP contribution is -2.19. The molecule has 1 aromatic heterocycles. The number of carbonyl (C=O) groups is 1. The number of amides is 2. The van der Waals surface area contributed by atoms with Gasteiger partial charge < -0.3 is 5.32 Å². The Hall–Kier alpha value is -3.26. The van der Waals surface area contributed by atoms with E-state index in [9.17, 15) is 26.7 Å². The largest absolute Gasteiger partial charge is 0.416 e. The average molecular weight is 398 g/mol. The van der Waals surface area contributed by atoms with Crippen molar-refractivity contribution >= 4 is 38.4 Å². The van der Waals surface area contributed by atoms with Crippen LogP contribution in [0.4, 0.5) is 37.6 Å². The number of benzene rings is 2. The first-order chi connectivity index (χ1) is 12.7. The van der Waals surface area contributed by atoms with Crippen LogP contribution < -0.4 is 10.6 Å². The van der Waals surface area contributed by atoms with E-state index in [1.165, 1.54) is 12.1 Å². The van der Waals surface area contributed by atoms with Gasteiger partial charge >= 0.3 is 12.2 Å². The maximum atomic E-state index is 13.5. The van der Waals surface area contributed by atoms with Gasteiger partial charge in [0, 0.05) is 5.69 Å². The van der Waals surface area contributed by atoms with E-state index in [4.69, 9.17) is 5.26 Å². The number of halogens is 5. The summed E-state index contributed by atoms with van der Waals surface area (Å²) in [7, 11) is 0. The predicted octanol–water partition coefficient (Wildman–Crippen LogP) is 5.11. The summed E-state index contributed by atoms with van der Waals surface area (Å²) < 4.78 is 65.4. The van der Waals surface area contributed by atoms with Crippen molar-refractivity contribution in [2.24, 2.45) is 0 Å². The van der Waals surface area contributed by atoms with E-state index in [2.05, 4.69) is 15.6 Å². The number of urea groups is 1. The fourth-order valence-corrected chi connectivity index (χ4v) is 3.07. The molecule has 1 heterocycles. The molecule has 0 bridgehead atoms. The maximum absolute atomic E-state index is 13.5. The average Bonchev–Trinajstić information content (AvgIpc) is 2.94. The number of aromatic nitrogens is 1. The van der Waals surface area contributed by atoms with E-state index < -0.39 is 35.0 Å². The van der Waals surface area contributed by atoms with Gasteiger partial charge in [0.15, 0.2) is 5.13 Å². The van der Waals surface area contributed by atoms with Crippen LogP contribution in [0.3, 0.4) is 0 Å². The van der Waals surface area contributed by atoms with Crippen LogP contribution in [0, 0.1) is 23.0 Å². The summed E-state index contributed by atoms with van der Waals surface area (Å²) in [6.07, 6.45) is -4.51. The van der Waals surface area contributed by atoms with Gasteiger partial charge in [-0.3, -0.25) is 5.32 Å². The molecule has 3 rings (SSSR count). The van der Waals surface area contributed by atoms with E-state index in [-0.39, 0.29) is 21.0 Å². The molecule has 0 aliphatic carbocycles. The topological polar surface area (TPSA) is 77.8 Å². The van der Waals surface area contributed by atoms with Crippen molar-refractivity contribution < 1.29 is 26.7 Å². The number of rotatable bonds is 2. The first-order valence-electron chi connectivity index (χ1n) is 7.12. The lowest BCUT2D eigenvalue weighted by atomic mass is 10.2. The van der Waals surface area contributed by atoms with E-state index in [1.54, 1.807) is 0 Å². The summed E-state index contributed by atoms with van der Waals surface area (Å²) in [6, 6.07) is 4.90. The number of nitriles is 1.